The molecule has 0 radical (unpaired) electrons. The number of Topliss-reactive ketones (excluding diaryl/α,β-unsaturated/α-hetero) is 1. The molecule has 2 rings (SSSR count). The van der Waals surface area contributed by atoms with E-state index < -0.39 is 5.92 Å². The van der Waals surface area contributed by atoms with Crippen LogP contribution in [0.5, 0.6) is 0 Å². The van der Waals surface area contributed by atoms with Crippen LogP contribution in [-0.4, -0.2) is 5.78 Å². The molecule has 0 amide bonds. The number of nitriles is 2. The molecule has 0 aromatic carbocycles. The summed E-state index contributed by atoms with van der Waals surface area (Å²) in [6.45, 7) is 0. The summed E-state index contributed by atoms with van der Waals surface area (Å²) in [6.07, 6.45) is 3.19. The van der Waals surface area contributed by atoms with Crippen molar-refractivity contribution >= 4 is 17.1 Å². The van der Waals surface area contributed by atoms with E-state index in [1.165, 1.54) is 21.8 Å². The SMILES string of the molecule is N#CC(C#N)C(=O)c1cc2c(s1)CCC2. The number of nitrogens with zero attached hydrogens (tertiary/aromatic N) is 2. The molecule has 1 aliphatic rings. The van der Waals surface area contributed by atoms with Crippen molar-refractivity contribution in [1.29, 1.82) is 10.5 Å². The van der Waals surface area contributed by atoms with Crippen LogP contribution in [0.1, 0.15) is 26.5 Å². The third kappa shape index (κ3) is 1.65. The number of aryl methyl sites for hydroxylation is 2. The molecule has 0 spiro atoms. The molecule has 3 nitrogen and oxygen atoms in total. The first-order chi connectivity index (χ1) is 7.26. The van der Waals surface area contributed by atoms with Gasteiger partial charge in [-0.15, -0.1) is 11.3 Å². The van der Waals surface area contributed by atoms with Crippen molar-refractivity contribution < 1.29 is 4.79 Å². The molecule has 4 heteroatoms. The Hall–Kier alpha value is -1.65. The number of fused-ring (bicyclic) bond motifs is 1. The van der Waals surface area contributed by atoms with Gasteiger partial charge in [-0.2, -0.15) is 10.5 Å². The Morgan fingerprint density at radius 3 is 2.73 bits per heavy atom. The van der Waals surface area contributed by atoms with Gasteiger partial charge in [0.15, 0.2) is 5.92 Å². The lowest BCUT2D eigenvalue weighted by molar-refractivity contribution is 0.0975. The fourth-order valence-corrected chi connectivity index (χ4v) is 2.96. The second-order valence-electron chi connectivity index (χ2n) is 3.47. The van der Waals surface area contributed by atoms with E-state index in [1.54, 1.807) is 12.1 Å². The number of carbonyl (C=O) groups excluding carboxylic acids is 1. The molecule has 0 saturated heterocycles. The topological polar surface area (TPSA) is 64.7 Å². The Kier molecular flexibility index (Phi) is 2.53. The van der Waals surface area contributed by atoms with Crippen LogP contribution in [0.4, 0.5) is 0 Å². The smallest absolute Gasteiger partial charge is 0.204 e. The van der Waals surface area contributed by atoms with Crippen molar-refractivity contribution in [3.8, 4) is 12.1 Å². The zero-order chi connectivity index (χ0) is 10.8. The van der Waals surface area contributed by atoms with Gasteiger partial charge in [0.25, 0.3) is 0 Å². The van der Waals surface area contributed by atoms with Crippen molar-refractivity contribution in [1.82, 2.24) is 0 Å². The van der Waals surface area contributed by atoms with Crippen LogP contribution in [0.15, 0.2) is 6.07 Å². The van der Waals surface area contributed by atoms with Gasteiger partial charge >= 0.3 is 0 Å². The van der Waals surface area contributed by atoms with Crippen LogP contribution in [0.25, 0.3) is 0 Å². The third-order valence-corrected chi connectivity index (χ3v) is 3.76. The molecule has 0 aliphatic heterocycles. The van der Waals surface area contributed by atoms with Crippen LogP contribution in [0, 0.1) is 28.6 Å². The molecule has 0 atom stereocenters. The van der Waals surface area contributed by atoms with Gasteiger partial charge < -0.3 is 0 Å². The van der Waals surface area contributed by atoms with E-state index in [2.05, 4.69) is 0 Å². The summed E-state index contributed by atoms with van der Waals surface area (Å²) in [5.41, 5.74) is 1.22. The van der Waals surface area contributed by atoms with E-state index >= 15 is 0 Å². The second-order valence-corrected chi connectivity index (χ2v) is 4.60. The monoisotopic (exact) mass is 216 g/mol. The normalized spacial score (nSPS) is 13.3. The molecule has 0 N–H and O–H groups in total. The number of hydrogen-bond donors (Lipinski definition) is 0. The van der Waals surface area contributed by atoms with Crippen LogP contribution in [0.3, 0.4) is 0 Å². The van der Waals surface area contributed by atoms with Crippen molar-refractivity contribution in [2.24, 2.45) is 5.92 Å². The Bertz CT molecular complexity index is 454. The van der Waals surface area contributed by atoms with E-state index in [0.717, 1.165) is 19.3 Å². The molecule has 0 fully saturated rings. The number of carbonyl (C=O) groups is 1. The average molecular weight is 216 g/mol. The maximum absolute atomic E-state index is 11.7. The highest BCUT2D eigenvalue weighted by atomic mass is 32.1. The maximum Gasteiger partial charge on any atom is 0.204 e. The van der Waals surface area contributed by atoms with Crippen molar-refractivity contribution in [2.45, 2.75) is 19.3 Å². The second kappa shape index (κ2) is 3.84. The van der Waals surface area contributed by atoms with Crippen LogP contribution in [0.2, 0.25) is 0 Å². The van der Waals surface area contributed by atoms with Crippen molar-refractivity contribution in [3.63, 3.8) is 0 Å². The summed E-state index contributed by atoms with van der Waals surface area (Å²) in [6, 6.07) is 5.27. The Labute approximate surface area is 91.6 Å². The lowest BCUT2D eigenvalue weighted by Gasteiger charge is -1.95. The van der Waals surface area contributed by atoms with E-state index in [0.29, 0.717) is 4.88 Å². The highest BCUT2D eigenvalue weighted by Gasteiger charge is 2.24. The first-order valence-electron chi connectivity index (χ1n) is 4.71. The fraction of sp³-hybridized carbons (Fsp3) is 0.364. The lowest BCUT2D eigenvalue weighted by Crippen LogP contribution is -2.08. The predicted molar refractivity (Wildman–Crippen MR) is 55.4 cm³/mol. The molecular weight excluding hydrogens is 208 g/mol. The summed E-state index contributed by atoms with van der Waals surface area (Å²) in [4.78, 5) is 13.5. The van der Waals surface area contributed by atoms with Gasteiger partial charge in [0.05, 0.1) is 17.0 Å². The minimum Gasteiger partial charge on any atom is -0.291 e. The highest BCUT2D eigenvalue weighted by Crippen LogP contribution is 2.31. The van der Waals surface area contributed by atoms with Gasteiger partial charge in [-0.05, 0) is 30.9 Å². The molecule has 15 heavy (non-hydrogen) atoms. The zero-order valence-corrected chi connectivity index (χ0v) is 8.80. The summed E-state index contributed by atoms with van der Waals surface area (Å²) in [5.74, 6) is -1.50. The van der Waals surface area contributed by atoms with Gasteiger partial charge in [-0.3, -0.25) is 4.79 Å². The summed E-state index contributed by atoms with van der Waals surface area (Å²) in [7, 11) is 0. The molecule has 1 aliphatic carbocycles. The number of hydrogen-bond acceptors (Lipinski definition) is 4. The first kappa shape index (κ1) is 9.89. The van der Waals surface area contributed by atoms with Crippen molar-refractivity contribution in [2.75, 3.05) is 0 Å². The Morgan fingerprint density at radius 2 is 2.13 bits per heavy atom. The Balaban J connectivity index is 2.28. The lowest BCUT2D eigenvalue weighted by atomic mass is 10.1. The summed E-state index contributed by atoms with van der Waals surface area (Å²) < 4.78 is 0. The van der Waals surface area contributed by atoms with E-state index in [-0.39, 0.29) is 5.78 Å². The van der Waals surface area contributed by atoms with Crippen LogP contribution >= 0.6 is 11.3 Å². The Morgan fingerprint density at radius 1 is 1.40 bits per heavy atom. The van der Waals surface area contributed by atoms with Crippen molar-refractivity contribution in [3.05, 3.63) is 21.4 Å². The highest BCUT2D eigenvalue weighted by molar-refractivity contribution is 7.14. The molecule has 0 unspecified atom stereocenters. The first-order valence-corrected chi connectivity index (χ1v) is 5.53. The van der Waals surface area contributed by atoms with Crippen LogP contribution < -0.4 is 0 Å². The van der Waals surface area contributed by atoms with E-state index in [1.807, 2.05) is 6.07 Å². The third-order valence-electron chi connectivity index (χ3n) is 2.51. The van der Waals surface area contributed by atoms with Gasteiger partial charge in [0.2, 0.25) is 5.78 Å². The zero-order valence-electron chi connectivity index (χ0n) is 7.99. The quantitative estimate of drug-likeness (QED) is 0.711. The summed E-state index contributed by atoms with van der Waals surface area (Å²) in [5, 5.41) is 17.2. The fourth-order valence-electron chi connectivity index (χ4n) is 1.74. The number of ketones is 1. The largest absolute Gasteiger partial charge is 0.291 e. The molecule has 1 heterocycles. The van der Waals surface area contributed by atoms with Gasteiger partial charge in [0.1, 0.15) is 0 Å². The van der Waals surface area contributed by atoms with Crippen LogP contribution in [-0.2, 0) is 12.8 Å². The van der Waals surface area contributed by atoms with E-state index in [4.69, 9.17) is 10.5 Å². The molecular formula is C11H8N2OS. The van der Waals surface area contributed by atoms with Gasteiger partial charge in [0, 0.05) is 4.88 Å². The minimum atomic E-state index is -1.15. The van der Waals surface area contributed by atoms with E-state index in [9.17, 15) is 4.79 Å². The molecule has 0 saturated carbocycles. The van der Waals surface area contributed by atoms with Gasteiger partial charge in [-0.25, -0.2) is 0 Å². The number of thiophene rings is 1. The van der Waals surface area contributed by atoms with Gasteiger partial charge in [-0.1, -0.05) is 0 Å². The molecule has 1 aromatic rings. The molecule has 0 bridgehead atoms. The minimum absolute atomic E-state index is 0.348. The molecule has 1 aromatic heterocycles. The summed E-state index contributed by atoms with van der Waals surface area (Å²) >= 11 is 1.44. The standard InChI is InChI=1S/C11H8N2OS/c12-5-8(6-13)11(14)10-4-7-2-1-3-9(7)15-10/h4,8H,1-3H2. The predicted octanol–water partition coefficient (Wildman–Crippen LogP) is 2.08. The molecule has 74 valence electrons. The maximum atomic E-state index is 11.7. The number of rotatable bonds is 2. The average Bonchev–Trinajstić information content (AvgIpc) is 2.78.